The van der Waals surface area contributed by atoms with Gasteiger partial charge in [0.05, 0.1) is 59.2 Å². The summed E-state index contributed by atoms with van der Waals surface area (Å²) in [6, 6.07) is 93.3. The number of aliphatic hydroxyl groups is 2. The van der Waals surface area contributed by atoms with Gasteiger partial charge in [-0.05, 0) is 126 Å². The van der Waals surface area contributed by atoms with Crippen molar-refractivity contribution < 1.29 is 44.2 Å². The molecule has 0 unspecified atom stereocenters. The first-order valence-corrected chi connectivity index (χ1v) is 27.0. The number of rotatable bonds is 6. The van der Waals surface area contributed by atoms with Crippen LogP contribution in [0.3, 0.4) is 0 Å². The number of carboxylic acid groups (broad SMARTS) is 2. The molecule has 0 aliphatic heterocycles. The van der Waals surface area contributed by atoms with Crippen LogP contribution in [-0.2, 0) is 27.4 Å². The number of benzene rings is 12. The SMILES string of the molecule is CO.CO.COC.COCc1ccccc1.COCc1ccccc1.N#Cc1ccc2ccccc2c1.N#Cc1ccc2ccccc2c1.N#Cc1ccc2ccccc2c1.O=C(O)c1ccc2ccccc2c1.O=C(O)c1ccc2ccccc2c1. The quantitative estimate of drug-likeness (QED) is 0.122. The number of fused-ring (bicyclic) bond motifs is 5. The lowest BCUT2D eigenvalue weighted by molar-refractivity contribution is 0.0686. The van der Waals surface area contributed by atoms with Crippen molar-refractivity contribution in [2.45, 2.75) is 13.2 Å². The summed E-state index contributed by atoms with van der Waals surface area (Å²) in [4.78, 5) is 21.3. The van der Waals surface area contributed by atoms with E-state index in [0.29, 0.717) is 41.0 Å². The maximum Gasteiger partial charge on any atom is 0.335 e. The van der Waals surface area contributed by atoms with E-state index in [1.54, 1.807) is 52.7 Å². The highest BCUT2D eigenvalue weighted by molar-refractivity contribution is 5.95. The smallest absolute Gasteiger partial charge is 0.335 e. The van der Waals surface area contributed by atoms with E-state index in [9.17, 15) is 9.59 Å². The number of methoxy groups -OCH3 is 3. The molecular formula is C75H71N3O9. The van der Waals surface area contributed by atoms with E-state index < -0.39 is 11.9 Å². The predicted molar refractivity (Wildman–Crippen MR) is 351 cm³/mol. The van der Waals surface area contributed by atoms with Crippen LogP contribution in [0, 0.1) is 34.0 Å². The Hall–Kier alpha value is -10.9. The fraction of sp³-hybridized carbons (Fsp3) is 0.107. The number of ether oxygens (including phenoxy) is 3. The largest absolute Gasteiger partial charge is 0.478 e. The van der Waals surface area contributed by atoms with E-state index in [0.717, 1.165) is 51.9 Å². The van der Waals surface area contributed by atoms with Gasteiger partial charge in [-0.2, -0.15) is 15.8 Å². The molecule has 0 bridgehead atoms. The second-order valence-electron chi connectivity index (χ2n) is 18.0. The van der Waals surface area contributed by atoms with Crippen LogP contribution in [0.1, 0.15) is 48.5 Å². The van der Waals surface area contributed by atoms with Gasteiger partial charge in [-0.25, -0.2) is 9.59 Å². The highest BCUT2D eigenvalue weighted by atomic mass is 16.5. The lowest BCUT2D eigenvalue weighted by atomic mass is 10.1. The van der Waals surface area contributed by atoms with E-state index in [2.05, 4.69) is 22.9 Å². The van der Waals surface area contributed by atoms with Gasteiger partial charge >= 0.3 is 11.9 Å². The van der Waals surface area contributed by atoms with E-state index in [-0.39, 0.29) is 0 Å². The average molecular weight is 1160 g/mol. The van der Waals surface area contributed by atoms with Crippen LogP contribution < -0.4 is 0 Å². The van der Waals surface area contributed by atoms with E-state index in [1.807, 2.05) is 249 Å². The standard InChI is InChI=1S/3C11H7N.2C11H8O2.2C8H10O.C2H6O.2CH4O/c3*12-8-9-5-6-10-3-1-2-4-11(10)7-9;2*12-11(13)10-6-5-8-3-1-2-4-9(8)7-10;2*1-9-7-8-5-3-2-4-6-8;1-3-2;2*1-2/h3*1-7H;2*1-7H,(H,12,13);2*2-6H,7H2,1H3;1-2H3;2*2H,1H3. The summed E-state index contributed by atoms with van der Waals surface area (Å²) in [6.07, 6.45) is 0. The van der Waals surface area contributed by atoms with Gasteiger partial charge in [0.1, 0.15) is 0 Å². The number of aromatic carboxylic acids is 2. The van der Waals surface area contributed by atoms with Crippen molar-refractivity contribution in [2.24, 2.45) is 0 Å². The molecule has 12 heteroatoms. The molecule has 0 aliphatic rings. The Labute approximate surface area is 509 Å². The molecule has 87 heavy (non-hydrogen) atoms. The molecule has 0 amide bonds. The maximum absolute atomic E-state index is 10.6. The molecule has 0 heterocycles. The third kappa shape index (κ3) is 25.7. The summed E-state index contributed by atoms with van der Waals surface area (Å²) >= 11 is 0. The average Bonchev–Trinajstić information content (AvgIpc) is 3.78. The molecule has 0 aromatic heterocycles. The maximum atomic E-state index is 10.6. The number of aliphatic hydroxyl groups excluding tert-OH is 2. The highest BCUT2D eigenvalue weighted by Gasteiger charge is 2.04. The Bertz CT molecular complexity index is 3740. The summed E-state index contributed by atoms with van der Waals surface area (Å²) in [6.45, 7) is 1.42. The lowest BCUT2D eigenvalue weighted by Gasteiger charge is -1.98. The zero-order valence-corrected chi connectivity index (χ0v) is 49.6. The van der Waals surface area contributed by atoms with Crippen LogP contribution in [0.25, 0.3) is 53.9 Å². The van der Waals surface area contributed by atoms with Crippen molar-refractivity contribution in [2.75, 3.05) is 42.7 Å². The second-order valence-corrected chi connectivity index (χ2v) is 18.0. The molecular weight excluding hydrogens is 1090 g/mol. The molecule has 4 N–H and O–H groups in total. The Morgan fingerprint density at radius 1 is 0.310 bits per heavy atom. The normalized spacial score (nSPS) is 9.30. The highest BCUT2D eigenvalue weighted by Crippen LogP contribution is 2.19. The third-order valence-corrected chi connectivity index (χ3v) is 11.9. The van der Waals surface area contributed by atoms with Crippen LogP contribution in [-0.4, -0.2) is 75.0 Å². The van der Waals surface area contributed by atoms with Crippen LogP contribution in [0.2, 0.25) is 0 Å². The minimum atomic E-state index is -0.884. The summed E-state index contributed by atoms with van der Waals surface area (Å²) in [5.41, 5.74) is 5.26. The van der Waals surface area contributed by atoms with E-state index >= 15 is 0 Å². The Kier molecular flexibility index (Phi) is 34.0. The zero-order chi connectivity index (χ0) is 63.4. The van der Waals surface area contributed by atoms with Gasteiger partial charge in [0.25, 0.3) is 0 Å². The molecule has 0 spiro atoms. The number of hydrogen-bond donors (Lipinski definition) is 4. The lowest BCUT2D eigenvalue weighted by Crippen LogP contribution is -1.94. The molecule has 0 saturated carbocycles. The molecule has 0 fully saturated rings. The minimum absolute atomic E-state index is 0.332. The number of nitrogens with zero attached hydrogens (tertiary/aromatic N) is 3. The van der Waals surface area contributed by atoms with Gasteiger partial charge in [-0.15, -0.1) is 0 Å². The van der Waals surface area contributed by atoms with E-state index in [4.69, 9.17) is 45.7 Å². The summed E-state index contributed by atoms with van der Waals surface area (Å²) < 4.78 is 14.1. The Balaban J connectivity index is 0.000000262. The molecule has 0 radical (unpaired) electrons. The molecule has 440 valence electrons. The Morgan fingerprint density at radius 3 is 0.736 bits per heavy atom. The fourth-order valence-corrected chi connectivity index (χ4v) is 7.90. The minimum Gasteiger partial charge on any atom is -0.478 e. The first-order valence-electron chi connectivity index (χ1n) is 27.0. The third-order valence-electron chi connectivity index (χ3n) is 11.9. The van der Waals surface area contributed by atoms with Gasteiger partial charge in [0, 0.05) is 42.7 Å². The summed E-state index contributed by atoms with van der Waals surface area (Å²) in [7, 11) is 8.65. The fourth-order valence-electron chi connectivity index (χ4n) is 7.90. The van der Waals surface area contributed by atoms with Crippen molar-refractivity contribution in [1.29, 1.82) is 15.8 Å². The summed E-state index contributed by atoms with van der Waals surface area (Å²) in [5, 5.41) is 68.4. The number of hydrogen-bond acceptors (Lipinski definition) is 10. The van der Waals surface area contributed by atoms with Crippen molar-refractivity contribution >= 4 is 65.8 Å². The molecule has 12 aromatic rings. The van der Waals surface area contributed by atoms with Crippen molar-refractivity contribution in [1.82, 2.24) is 0 Å². The molecule has 0 aliphatic carbocycles. The first-order chi connectivity index (χ1) is 42.5. The Morgan fingerprint density at radius 2 is 0.517 bits per heavy atom. The van der Waals surface area contributed by atoms with Crippen molar-refractivity contribution in [3.05, 3.63) is 312 Å². The topological polar surface area (TPSA) is 214 Å². The van der Waals surface area contributed by atoms with Gasteiger partial charge < -0.3 is 34.6 Å². The molecule has 0 saturated heterocycles. The number of carboxylic acids is 2. The molecule has 0 atom stereocenters. The number of nitriles is 3. The van der Waals surface area contributed by atoms with Crippen molar-refractivity contribution in [3.8, 4) is 18.2 Å². The van der Waals surface area contributed by atoms with Gasteiger partial charge in [0.2, 0.25) is 0 Å². The predicted octanol–water partition coefficient (Wildman–Crippen LogP) is 16.4. The van der Waals surface area contributed by atoms with Crippen LogP contribution in [0.15, 0.2) is 273 Å². The monoisotopic (exact) mass is 1160 g/mol. The first kappa shape index (κ1) is 70.4. The molecule has 12 aromatic carbocycles. The van der Waals surface area contributed by atoms with Crippen molar-refractivity contribution in [3.63, 3.8) is 0 Å². The number of carbonyl (C=O) groups is 2. The van der Waals surface area contributed by atoms with Gasteiger partial charge in [-0.1, -0.05) is 212 Å². The summed E-state index contributed by atoms with van der Waals surface area (Å²) in [5.74, 6) is -1.77. The van der Waals surface area contributed by atoms with Crippen LogP contribution in [0.5, 0.6) is 0 Å². The van der Waals surface area contributed by atoms with Gasteiger partial charge in [-0.3, -0.25) is 0 Å². The van der Waals surface area contributed by atoms with E-state index in [1.165, 1.54) is 27.3 Å². The van der Waals surface area contributed by atoms with Crippen LogP contribution >= 0.6 is 0 Å². The second kappa shape index (κ2) is 42.0. The molecule has 12 rings (SSSR count). The van der Waals surface area contributed by atoms with Gasteiger partial charge in [0.15, 0.2) is 0 Å². The zero-order valence-electron chi connectivity index (χ0n) is 49.6. The molecule has 12 nitrogen and oxygen atoms in total. The van der Waals surface area contributed by atoms with Crippen LogP contribution in [0.4, 0.5) is 0 Å².